The van der Waals surface area contributed by atoms with E-state index in [1.807, 2.05) is 33.3 Å². The van der Waals surface area contributed by atoms with Crippen LogP contribution in [0.25, 0.3) is 0 Å². The zero-order valence-electron chi connectivity index (χ0n) is 57.8. The Bertz CT molecular complexity index is 1650. The highest BCUT2D eigenvalue weighted by molar-refractivity contribution is 7.47. The van der Waals surface area contributed by atoms with E-state index in [0.717, 1.165) is 70.6 Å². The highest BCUT2D eigenvalue weighted by Crippen LogP contribution is 2.43. The first-order valence-corrected chi connectivity index (χ1v) is 38.6. The molecule has 0 radical (unpaired) electrons. The molecule has 3 atom stereocenters. The third kappa shape index (κ3) is 66.1. The molecule has 0 aromatic heterocycles. The van der Waals surface area contributed by atoms with Gasteiger partial charge in [-0.2, -0.15) is 0 Å². The molecule has 0 fully saturated rings. The normalized spacial score (nSPS) is 13.8. The summed E-state index contributed by atoms with van der Waals surface area (Å²) >= 11 is 0. The number of quaternary nitrogens is 1. The maximum Gasteiger partial charge on any atom is 0.472 e. The van der Waals surface area contributed by atoms with Crippen molar-refractivity contribution in [3.8, 4) is 0 Å². The summed E-state index contributed by atoms with van der Waals surface area (Å²) in [6.07, 6.45) is 85.2. The molecule has 504 valence electrons. The van der Waals surface area contributed by atoms with Gasteiger partial charge in [0.2, 0.25) is 5.91 Å². The van der Waals surface area contributed by atoms with Crippen LogP contribution in [0.5, 0.6) is 0 Å². The minimum atomic E-state index is -4.46. The average molecular weight is 1230 g/mol. The van der Waals surface area contributed by atoms with Gasteiger partial charge in [-0.05, 0) is 96.0 Å². The number of nitrogens with one attached hydrogen (secondary N) is 1. The highest BCUT2D eigenvalue weighted by Gasteiger charge is 2.30. The van der Waals surface area contributed by atoms with Crippen molar-refractivity contribution in [1.82, 2.24) is 5.32 Å². The first-order chi connectivity index (χ1) is 41.9. The number of hydrogen-bond acceptors (Lipinski definition) is 6. The number of likely N-dealkylation sites (N-methyl/N-ethyl adjacent to an activating group) is 1. The Balaban J connectivity index is 4.99. The molecular formula is C76H144N2O7P+. The van der Waals surface area contributed by atoms with E-state index in [0.29, 0.717) is 23.9 Å². The van der Waals surface area contributed by atoms with Gasteiger partial charge in [0.05, 0.1) is 33.8 Å². The monoisotopic (exact) mass is 1230 g/mol. The topological polar surface area (TPSA) is 111 Å². The van der Waals surface area contributed by atoms with Crippen molar-refractivity contribution in [2.24, 2.45) is 0 Å². The fraction of sp³-hybridized carbons (Fsp3) is 0.842. The lowest BCUT2D eigenvalue weighted by Gasteiger charge is -2.27. The number of phosphoric acid groups is 1. The Morgan fingerprint density at radius 2 is 0.709 bits per heavy atom. The highest BCUT2D eigenvalue weighted by atomic mass is 31.2. The summed E-state index contributed by atoms with van der Waals surface area (Å²) in [4.78, 5) is 37.9. The summed E-state index contributed by atoms with van der Waals surface area (Å²) in [7, 11) is 1.51. The molecule has 0 heterocycles. The molecule has 0 aliphatic rings. The second kappa shape index (κ2) is 65.7. The van der Waals surface area contributed by atoms with E-state index in [1.165, 1.54) is 257 Å². The maximum absolute atomic E-state index is 13.6. The standard InChI is InChI=1S/C76H143N2O7P/c1-7-10-13-16-19-22-25-28-30-32-34-36-37-38-39-40-41-43-44-46-48-50-53-56-59-62-65-68-75(79)77-73(72-84-86(81,82)83-71-70-78(4,5)6)74(67-64-61-58-55-52-27-24-21-18-15-12-9-3)85-76(80)69-66-63-60-57-54-51-49-47-45-42-35-33-31-29-26-23-20-17-14-11-8-2/h19,22,28-31,34,36,64,67,73-74H,7-18,20-21,23-27,32-33,35,37-63,65-66,68-72H2,1-6H3,(H-,77,79,81,82)/p+1/b22-19-,30-28-,31-29+,36-34-,67-64-. The average Bonchev–Trinajstić information content (AvgIpc) is 3.67. The van der Waals surface area contributed by atoms with E-state index in [9.17, 15) is 19.0 Å². The van der Waals surface area contributed by atoms with Crippen LogP contribution in [0.2, 0.25) is 0 Å². The maximum atomic E-state index is 13.6. The first-order valence-electron chi connectivity index (χ1n) is 37.1. The van der Waals surface area contributed by atoms with Crippen molar-refractivity contribution < 1.29 is 37.3 Å². The number of phosphoric ester groups is 1. The third-order valence-electron chi connectivity index (χ3n) is 16.7. The number of amides is 1. The molecule has 0 aromatic carbocycles. The van der Waals surface area contributed by atoms with Crippen LogP contribution < -0.4 is 5.32 Å². The number of ether oxygens (including phenoxy) is 1. The summed E-state index contributed by atoms with van der Waals surface area (Å²) in [5.41, 5.74) is 0. The lowest BCUT2D eigenvalue weighted by Crippen LogP contribution is -2.47. The van der Waals surface area contributed by atoms with Gasteiger partial charge in [-0.15, -0.1) is 0 Å². The van der Waals surface area contributed by atoms with E-state index in [-0.39, 0.29) is 25.1 Å². The molecule has 10 heteroatoms. The van der Waals surface area contributed by atoms with Crippen LogP contribution in [-0.4, -0.2) is 74.3 Å². The van der Waals surface area contributed by atoms with Crippen LogP contribution in [0.4, 0.5) is 0 Å². The van der Waals surface area contributed by atoms with Gasteiger partial charge in [0.1, 0.15) is 19.3 Å². The van der Waals surface area contributed by atoms with Crippen molar-refractivity contribution in [1.29, 1.82) is 0 Å². The van der Waals surface area contributed by atoms with Crippen LogP contribution in [0.15, 0.2) is 60.8 Å². The molecule has 0 saturated carbocycles. The molecule has 2 N–H and O–H groups in total. The van der Waals surface area contributed by atoms with Gasteiger partial charge in [-0.3, -0.25) is 18.6 Å². The summed E-state index contributed by atoms with van der Waals surface area (Å²) in [6.45, 7) is 7.03. The van der Waals surface area contributed by atoms with Gasteiger partial charge in [0.15, 0.2) is 0 Å². The molecular weight excluding hydrogens is 1080 g/mol. The van der Waals surface area contributed by atoms with Crippen molar-refractivity contribution in [3.63, 3.8) is 0 Å². The second-order valence-electron chi connectivity index (χ2n) is 26.5. The summed E-state index contributed by atoms with van der Waals surface area (Å²) in [6, 6.07) is -0.850. The van der Waals surface area contributed by atoms with Crippen LogP contribution in [0.3, 0.4) is 0 Å². The molecule has 0 rings (SSSR count). The zero-order chi connectivity index (χ0) is 62.8. The Kier molecular flexibility index (Phi) is 63.9. The minimum absolute atomic E-state index is 0.0407. The smallest absolute Gasteiger partial charge is 0.456 e. The first kappa shape index (κ1) is 83.7. The van der Waals surface area contributed by atoms with Gasteiger partial charge >= 0.3 is 13.8 Å². The molecule has 0 aromatic rings. The Labute approximate surface area is 534 Å². The number of unbranched alkanes of at least 4 members (excludes halogenated alkanes) is 44. The number of esters is 1. The van der Waals surface area contributed by atoms with Crippen LogP contribution in [0.1, 0.15) is 361 Å². The van der Waals surface area contributed by atoms with Gasteiger partial charge < -0.3 is 19.4 Å². The lowest BCUT2D eigenvalue weighted by atomic mass is 10.0. The van der Waals surface area contributed by atoms with E-state index in [4.69, 9.17) is 13.8 Å². The third-order valence-corrected chi connectivity index (χ3v) is 17.7. The number of carbonyl (C=O) groups excluding carboxylic acids is 2. The predicted molar refractivity (Wildman–Crippen MR) is 374 cm³/mol. The summed E-state index contributed by atoms with van der Waals surface area (Å²) in [5.74, 6) is -0.492. The van der Waals surface area contributed by atoms with E-state index < -0.39 is 20.0 Å². The molecule has 9 nitrogen and oxygen atoms in total. The molecule has 0 bridgehead atoms. The fourth-order valence-electron chi connectivity index (χ4n) is 10.9. The molecule has 0 spiro atoms. The van der Waals surface area contributed by atoms with Gasteiger partial charge in [0.25, 0.3) is 0 Å². The molecule has 0 aliphatic carbocycles. The van der Waals surface area contributed by atoms with Crippen molar-refractivity contribution in [2.45, 2.75) is 373 Å². The second-order valence-corrected chi connectivity index (χ2v) is 27.9. The zero-order valence-corrected chi connectivity index (χ0v) is 58.7. The molecule has 1 amide bonds. The minimum Gasteiger partial charge on any atom is -0.456 e. The molecule has 3 unspecified atom stereocenters. The number of hydrogen-bond donors (Lipinski definition) is 2. The Hall–Kier alpha value is -2.29. The van der Waals surface area contributed by atoms with Gasteiger partial charge in [-0.25, -0.2) is 4.57 Å². The number of nitrogens with zero attached hydrogens (tertiary/aromatic N) is 1. The van der Waals surface area contributed by atoms with Crippen molar-refractivity contribution in [3.05, 3.63) is 60.8 Å². The largest absolute Gasteiger partial charge is 0.472 e. The Morgan fingerprint density at radius 3 is 1.09 bits per heavy atom. The summed E-state index contributed by atoms with van der Waals surface area (Å²) < 4.78 is 30.9. The lowest BCUT2D eigenvalue weighted by molar-refractivity contribution is -0.870. The SMILES string of the molecule is CCCCC/C=C\C/C=C\C/C=C\CCCCCCCCCCCCCCCCC(=O)NC(COP(=O)(O)OCC[N+](C)(C)C)C(/C=C\CCCCCCCCCCCC)OC(=O)CCCCCCCCCCCCC/C=C/CCCCCCCC. The molecule has 0 aliphatic heterocycles. The predicted octanol–water partition coefficient (Wildman–Crippen LogP) is 23.7. The molecule has 86 heavy (non-hydrogen) atoms. The van der Waals surface area contributed by atoms with Crippen LogP contribution in [0, 0.1) is 0 Å². The van der Waals surface area contributed by atoms with Crippen molar-refractivity contribution in [2.75, 3.05) is 40.9 Å². The van der Waals surface area contributed by atoms with E-state index >= 15 is 0 Å². The Morgan fingerprint density at radius 1 is 0.407 bits per heavy atom. The summed E-state index contributed by atoms with van der Waals surface area (Å²) in [5, 5.41) is 3.08. The number of carbonyl (C=O) groups is 2. The number of rotatable bonds is 68. The quantitative estimate of drug-likeness (QED) is 0.0205. The van der Waals surface area contributed by atoms with Crippen LogP contribution >= 0.6 is 7.82 Å². The van der Waals surface area contributed by atoms with Crippen LogP contribution in [-0.2, 0) is 27.9 Å². The molecule has 0 saturated heterocycles. The van der Waals surface area contributed by atoms with Crippen molar-refractivity contribution >= 4 is 19.7 Å². The van der Waals surface area contributed by atoms with Gasteiger partial charge in [-0.1, -0.05) is 313 Å². The number of allylic oxidation sites excluding steroid dienone is 9. The van der Waals surface area contributed by atoms with Gasteiger partial charge in [0, 0.05) is 12.8 Å². The van der Waals surface area contributed by atoms with E-state index in [2.05, 4.69) is 74.7 Å². The fourth-order valence-corrected chi connectivity index (χ4v) is 11.7. The van der Waals surface area contributed by atoms with E-state index in [1.54, 1.807) is 0 Å².